The van der Waals surface area contributed by atoms with Gasteiger partial charge in [0.25, 0.3) is 0 Å². The fourth-order valence-electron chi connectivity index (χ4n) is 2.03. The summed E-state index contributed by atoms with van der Waals surface area (Å²) in [6.07, 6.45) is 0.0982. The lowest BCUT2D eigenvalue weighted by Gasteiger charge is -2.46. The van der Waals surface area contributed by atoms with Gasteiger partial charge in [0.2, 0.25) is 0 Å². The van der Waals surface area contributed by atoms with Gasteiger partial charge in [0.05, 0.1) is 17.8 Å². The Balaban J connectivity index is 2.09. The standard InChI is InChI=1S/C13H17F2N3O/c1-13(2)10(6-11(13)19)18-12(16)17-9-5-7(14)3-4-8(9)15/h3-5,10-11,19H,6H2,1-2H3,(H3,16,17,18). The van der Waals surface area contributed by atoms with E-state index < -0.39 is 17.7 Å². The number of hydrogen-bond donors (Lipinski definition) is 3. The zero-order valence-electron chi connectivity index (χ0n) is 10.8. The van der Waals surface area contributed by atoms with Crippen LogP contribution in [0.5, 0.6) is 0 Å². The van der Waals surface area contributed by atoms with Gasteiger partial charge in [-0.2, -0.15) is 0 Å². The number of aliphatic hydroxyl groups excluding tert-OH is 1. The Morgan fingerprint density at radius 1 is 1.47 bits per heavy atom. The minimum Gasteiger partial charge on any atom is -0.392 e. The molecule has 0 radical (unpaired) electrons. The number of anilines is 1. The predicted octanol–water partition coefficient (Wildman–Crippen LogP) is 1.85. The van der Waals surface area contributed by atoms with E-state index >= 15 is 0 Å². The second-order valence-electron chi connectivity index (χ2n) is 5.35. The van der Waals surface area contributed by atoms with Crippen molar-refractivity contribution < 1.29 is 13.9 Å². The normalized spacial score (nSPS) is 25.8. The van der Waals surface area contributed by atoms with Crippen LogP contribution in [0, 0.1) is 17.0 Å². The lowest BCUT2D eigenvalue weighted by Crippen LogP contribution is -2.53. The second kappa shape index (κ2) is 4.77. The highest BCUT2D eigenvalue weighted by molar-refractivity contribution is 5.92. The van der Waals surface area contributed by atoms with E-state index in [1.165, 1.54) is 0 Å². The summed E-state index contributed by atoms with van der Waals surface area (Å²) >= 11 is 0. The first-order chi connectivity index (χ1) is 8.80. The average Bonchev–Trinajstić information content (AvgIpc) is 2.33. The Kier molecular flexibility index (Phi) is 3.45. The molecule has 1 fully saturated rings. The molecule has 1 aliphatic carbocycles. The zero-order valence-corrected chi connectivity index (χ0v) is 10.8. The van der Waals surface area contributed by atoms with Gasteiger partial charge in [0.15, 0.2) is 5.96 Å². The molecule has 0 aromatic heterocycles. The highest BCUT2D eigenvalue weighted by Crippen LogP contribution is 2.42. The molecular formula is C13H17F2N3O. The molecule has 0 aliphatic heterocycles. The SMILES string of the molecule is CC1(C)C(O)CC1N=C(N)Nc1cc(F)ccc1F. The molecule has 1 aliphatic rings. The molecule has 0 saturated heterocycles. The van der Waals surface area contributed by atoms with Crippen LogP contribution in [-0.2, 0) is 0 Å². The van der Waals surface area contributed by atoms with Crippen LogP contribution in [0.25, 0.3) is 0 Å². The first kappa shape index (κ1) is 13.7. The van der Waals surface area contributed by atoms with Gasteiger partial charge >= 0.3 is 0 Å². The molecule has 104 valence electrons. The maximum atomic E-state index is 13.4. The predicted molar refractivity (Wildman–Crippen MR) is 69.8 cm³/mol. The van der Waals surface area contributed by atoms with E-state index in [-0.39, 0.29) is 23.1 Å². The average molecular weight is 269 g/mol. The number of rotatable bonds is 2. The summed E-state index contributed by atoms with van der Waals surface area (Å²) in [7, 11) is 0. The van der Waals surface area contributed by atoms with E-state index in [0.29, 0.717) is 6.42 Å². The van der Waals surface area contributed by atoms with Crippen LogP contribution in [0.3, 0.4) is 0 Å². The van der Waals surface area contributed by atoms with Crippen molar-refractivity contribution in [2.24, 2.45) is 16.1 Å². The highest BCUT2D eigenvalue weighted by atomic mass is 19.1. The number of aliphatic imine (C=N–C) groups is 1. The maximum absolute atomic E-state index is 13.4. The van der Waals surface area contributed by atoms with Crippen molar-refractivity contribution in [3.05, 3.63) is 29.8 Å². The second-order valence-corrected chi connectivity index (χ2v) is 5.35. The summed E-state index contributed by atoms with van der Waals surface area (Å²) in [6.45, 7) is 3.76. The Morgan fingerprint density at radius 3 is 2.74 bits per heavy atom. The van der Waals surface area contributed by atoms with Crippen LogP contribution < -0.4 is 11.1 Å². The number of benzene rings is 1. The summed E-state index contributed by atoms with van der Waals surface area (Å²) in [4.78, 5) is 4.19. The topological polar surface area (TPSA) is 70.6 Å². The molecule has 2 unspecified atom stereocenters. The molecule has 6 heteroatoms. The largest absolute Gasteiger partial charge is 0.392 e. The first-order valence-electron chi connectivity index (χ1n) is 6.04. The molecule has 2 rings (SSSR count). The lowest BCUT2D eigenvalue weighted by atomic mass is 9.65. The van der Waals surface area contributed by atoms with Gasteiger partial charge in [-0.25, -0.2) is 13.8 Å². The van der Waals surface area contributed by atoms with Crippen molar-refractivity contribution in [3.63, 3.8) is 0 Å². The van der Waals surface area contributed by atoms with E-state index in [1.807, 2.05) is 13.8 Å². The van der Waals surface area contributed by atoms with Crippen LogP contribution >= 0.6 is 0 Å². The number of nitrogens with zero attached hydrogens (tertiary/aromatic N) is 1. The van der Waals surface area contributed by atoms with Crippen molar-refractivity contribution in [3.8, 4) is 0 Å². The van der Waals surface area contributed by atoms with E-state index in [1.54, 1.807) is 0 Å². The fourth-order valence-corrected chi connectivity index (χ4v) is 2.03. The molecule has 0 spiro atoms. The molecule has 1 aromatic rings. The lowest BCUT2D eigenvalue weighted by molar-refractivity contribution is -0.0576. The van der Waals surface area contributed by atoms with Crippen LogP contribution in [0.1, 0.15) is 20.3 Å². The Morgan fingerprint density at radius 2 is 2.16 bits per heavy atom. The molecule has 4 N–H and O–H groups in total. The van der Waals surface area contributed by atoms with Crippen LogP contribution in [0.4, 0.5) is 14.5 Å². The van der Waals surface area contributed by atoms with Crippen molar-refractivity contribution >= 4 is 11.6 Å². The van der Waals surface area contributed by atoms with Crippen LogP contribution in [0.2, 0.25) is 0 Å². The molecule has 2 atom stereocenters. The quantitative estimate of drug-likeness (QED) is 0.567. The zero-order chi connectivity index (χ0) is 14.2. The molecule has 0 amide bonds. The number of hydrogen-bond acceptors (Lipinski definition) is 2. The van der Waals surface area contributed by atoms with Gasteiger partial charge in [0.1, 0.15) is 11.6 Å². The monoisotopic (exact) mass is 269 g/mol. The Hall–Kier alpha value is -1.69. The summed E-state index contributed by atoms with van der Waals surface area (Å²) < 4.78 is 26.4. The van der Waals surface area contributed by atoms with Gasteiger partial charge in [-0.1, -0.05) is 13.8 Å². The third-order valence-corrected chi connectivity index (χ3v) is 3.65. The minimum atomic E-state index is -0.604. The number of halogens is 2. The molecule has 19 heavy (non-hydrogen) atoms. The van der Waals surface area contributed by atoms with Gasteiger partial charge in [0, 0.05) is 11.5 Å². The number of aliphatic hydroxyl groups is 1. The summed E-state index contributed by atoms with van der Waals surface area (Å²) in [5.41, 5.74) is 5.26. The fraction of sp³-hybridized carbons (Fsp3) is 0.462. The summed E-state index contributed by atoms with van der Waals surface area (Å²) in [5.74, 6) is -1.15. The molecule has 4 nitrogen and oxygen atoms in total. The number of nitrogens with one attached hydrogen (secondary N) is 1. The van der Waals surface area contributed by atoms with E-state index in [9.17, 15) is 13.9 Å². The Labute approximate surface area is 110 Å². The molecule has 1 aromatic carbocycles. The van der Waals surface area contributed by atoms with E-state index in [0.717, 1.165) is 18.2 Å². The van der Waals surface area contributed by atoms with Crippen molar-refractivity contribution in [2.75, 3.05) is 5.32 Å². The van der Waals surface area contributed by atoms with Gasteiger partial charge < -0.3 is 16.2 Å². The number of nitrogens with two attached hydrogens (primary N) is 1. The Bertz CT molecular complexity index is 517. The molecular weight excluding hydrogens is 252 g/mol. The molecule has 0 heterocycles. The molecule has 0 bridgehead atoms. The highest BCUT2D eigenvalue weighted by Gasteiger charge is 2.47. The third-order valence-electron chi connectivity index (χ3n) is 3.65. The van der Waals surface area contributed by atoms with Crippen LogP contribution in [-0.4, -0.2) is 23.2 Å². The van der Waals surface area contributed by atoms with E-state index in [4.69, 9.17) is 5.73 Å². The molecule has 1 saturated carbocycles. The summed E-state index contributed by atoms with van der Waals surface area (Å²) in [5, 5.41) is 12.1. The van der Waals surface area contributed by atoms with E-state index in [2.05, 4.69) is 10.3 Å². The smallest absolute Gasteiger partial charge is 0.193 e. The van der Waals surface area contributed by atoms with Crippen molar-refractivity contribution in [1.82, 2.24) is 0 Å². The van der Waals surface area contributed by atoms with Crippen molar-refractivity contribution in [2.45, 2.75) is 32.4 Å². The van der Waals surface area contributed by atoms with Crippen molar-refractivity contribution in [1.29, 1.82) is 0 Å². The van der Waals surface area contributed by atoms with Gasteiger partial charge in [-0.05, 0) is 18.6 Å². The summed E-state index contributed by atoms with van der Waals surface area (Å²) in [6, 6.07) is 2.92. The first-order valence-corrected chi connectivity index (χ1v) is 6.04. The van der Waals surface area contributed by atoms with Gasteiger partial charge in [-0.3, -0.25) is 0 Å². The third kappa shape index (κ3) is 2.68. The maximum Gasteiger partial charge on any atom is 0.193 e. The van der Waals surface area contributed by atoms with Gasteiger partial charge in [-0.15, -0.1) is 0 Å². The van der Waals surface area contributed by atoms with Crippen LogP contribution in [0.15, 0.2) is 23.2 Å². The number of guanidine groups is 1. The minimum absolute atomic E-state index is 0.00877.